The first-order valence-electron chi connectivity index (χ1n) is 9.22. The molecule has 0 bridgehead atoms. The van der Waals surface area contributed by atoms with Crippen molar-refractivity contribution in [1.82, 2.24) is 10.2 Å². The summed E-state index contributed by atoms with van der Waals surface area (Å²) in [6.45, 7) is 5.88. The second-order valence-electron chi connectivity index (χ2n) is 7.66. The maximum atomic E-state index is 12.4. The van der Waals surface area contributed by atoms with Gasteiger partial charge in [0, 0.05) is 19.1 Å². The molecule has 1 heterocycles. The molecule has 0 radical (unpaired) electrons. The fourth-order valence-electron chi connectivity index (χ4n) is 2.95. The highest BCUT2D eigenvalue weighted by Gasteiger charge is 2.38. The van der Waals surface area contributed by atoms with Crippen molar-refractivity contribution >= 4 is 18.2 Å². The number of hydrogen-bond acceptors (Lipinski definition) is 6. The van der Waals surface area contributed by atoms with Crippen LogP contribution in [0.15, 0.2) is 30.3 Å². The van der Waals surface area contributed by atoms with Crippen molar-refractivity contribution < 1.29 is 28.6 Å². The largest absolute Gasteiger partial charge is 0.469 e. The van der Waals surface area contributed by atoms with Gasteiger partial charge in [-0.15, -0.1) is 0 Å². The van der Waals surface area contributed by atoms with Gasteiger partial charge in [-0.05, 0) is 32.8 Å². The van der Waals surface area contributed by atoms with E-state index < -0.39 is 35.7 Å². The number of likely N-dealkylation sites (tertiary alicyclic amines) is 1. The molecule has 154 valence electrons. The Kier molecular flexibility index (Phi) is 7.25. The fourth-order valence-corrected chi connectivity index (χ4v) is 2.95. The lowest BCUT2D eigenvalue weighted by molar-refractivity contribution is -0.148. The molecular weight excluding hydrogens is 364 g/mol. The molecule has 1 N–H and O–H groups in total. The molecule has 2 amide bonds. The summed E-state index contributed by atoms with van der Waals surface area (Å²) in [4.78, 5) is 38.1. The van der Waals surface area contributed by atoms with Gasteiger partial charge in [-0.25, -0.2) is 9.59 Å². The number of carbonyl (C=O) groups is 3. The summed E-state index contributed by atoms with van der Waals surface area (Å²) in [7, 11) is 1.28. The molecule has 2 atom stereocenters. The molecule has 0 aromatic heterocycles. The number of rotatable bonds is 4. The van der Waals surface area contributed by atoms with E-state index in [-0.39, 0.29) is 13.2 Å². The maximum Gasteiger partial charge on any atom is 0.410 e. The minimum atomic E-state index is -0.699. The van der Waals surface area contributed by atoms with E-state index in [4.69, 9.17) is 14.2 Å². The van der Waals surface area contributed by atoms with Gasteiger partial charge in [-0.3, -0.25) is 4.79 Å². The van der Waals surface area contributed by atoms with Crippen LogP contribution < -0.4 is 5.32 Å². The Labute approximate surface area is 165 Å². The molecule has 0 aliphatic carbocycles. The number of piperidine rings is 1. The minimum absolute atomic E-state index is 0.0980. The summed E-state index contributed by atoms with van der Waals surface area (Å²) in [6, 6.07) is 8.85. The Morgan fingerprint density at radius 1 is 1.18 bits per heavy atom. The number of carbonyl (C=O) groups excluding carboxylic acids is 3. The lowest BCUT2D eigenvalue weighted by Gasteiger charge is -2.37. The zero-order chi connectivity index (χ0) is 20.7. The number of ether oxygens (including phenoxy) is 3. The molecule has 0 spiro atoms. The average Bonchev–Trinajstić information content (AvgIpc) is 2.65. The third-order valence-corrected chi connectivity index (χ3v) is 4.28. The number of nitrogens with zero attached hydrogens (tertiary/aromatic N) is 1. The van der Waals surface area contributed by atoms with Crippen LogP contribution in [0.1, 0.15) is 32.8 Å². The molecule has 8 nitrogen and oxygen atoms in total. The van der Waals surface area contributed by atoms with Crippen LogP contribution in [0.2, 0.25) is 0 Å². The van der Waals surface area contributed by atoms with Gasteiger partial charge in [0.15, 0.2) is 0 Å². The highest BCUT2D eigenvalue weighted by atomic mass is 16.6. The second-order valence-corrected chi connectivity index (χ2v) is 7.66. The lowest BCUT2D eigenvalue weighted by atomic mass is 9.92. The van der Waals surface area contributed by atoms with Crippen LogP contribution in [0.3, 0.4) is 0 Å². The second kappa shape index (κ2) is 9.43. The van der Waals surface area contributed by atoms with E-state index in [1.165, 1.54) is 12.0 Å². The number of methoxy groups -OCH3 is 1. The molecule has 1 aromatic carbocycles. The highest BCUT2D eigenvalue weighted by Crippen LogP contribution is 2.21. The predicted molar refractivity (Wildman–Crippen MR) is 101 cm³/mol. The first-order valence-corrected chi connectivity index (χ1v) is 9.22. The standard InChI is InChI=1S/C20H28N2O6/c1-20(2,3)28-18(24)21-16-10-11-22(12-15(16)17(23)26-4)19(25)27-13-14-8-6-5-7-9-14/h5-9,15-16H,10-13H2,1-4H3,(H,21,24)/t15-,16-/m0/s1. The topological polar surface area (TPSA) is 94.2 Å². The van der Waals surface area contributed by atoms with Crippen molar-refractivity contribution in [2.24, 2.45) is 5.92 Å². The number of alkyl carbamates (subject to hydrolysis) is 1. The first kappa shape index (κ1) is 21.5. The molecule has 1 aromatic rings. The van der Waals surface area contributed by atoms with Gasteiger partial charge in [-0.1, -0.05) is 30.3 Å². The average molecular weight is 392 g/mol. The zero-order valence-corrected chi connectivity index (χ0v) is 16.8. The third kappa shape index (κ3) is 6.44. The van der Waals surface area contributed by atoms with Gasteiger partial charge >= 0.3 is 18.2 Å². The van der Waals surface area contributed by atoms with Crippen LogP contribution >= 0.6 is 0 Å². The molecule has 28 heavy (non-hydrogen) atoms. The van der Waals surface area contributed by atoms with Crippen molar-refractivity contribution in [1.29, 1.82) is 0 Å². The monoisotopic (exact) mass is 392 g/mol. The van der Waals surface area contributed by atoms with Gasteiger partial charge < -0.3 is 24.4 Å². The van der Waals surface area contributed by atoms with E-state index in [9.17, 15) is 14.4 Å². The number of benzene rings is 1. The van der Waals surface area contributed by atoms with Crippen molar-refractivity contribution in [2.45, 2.75) is 45.4 Å². The highest BCUT2D eigenvalue weighted by molar-refractivity contribution is 5.77. The van der Waals surface area contributed by atoms with Gasteiger partial charge in [0.1, 0.15) is 12.2 Å². The number of nitrogens with one attached hydrogen (secondary N) is 1. The number of hydrogen-bond donors (Lipinski definition) is 1. The maximum absolute atomic E-state index is 12.4. The van der Waals surface area contributed by atoms with Gasteiger partial charge in [0.25, 0.3) is 0 Å². The SMILES string of the molecule is COC(=O)[C@H]1CN(C(=O)OCc2ccccc2)CC[C@@H]1NC(=O)OC(C)(C)C. The van der Waals surface area contributed by atoms with Crippen LogP contribution in [0.25, 0.3) is 0 Å². The van der Waals surface area contributed by atoms with E-state index in [0.717, 1.165) is 5.56 Å². The van der Waals surface area contributed by atoms with Gasteiger partial charge in [0.05, 0.1) is 13.0 Å². The molecular formula is C20H28N2O6. The minimum Gasteiger partial charge on any atom is -0.469 e. The number of amides is 2. The molecule has 1 aliphatic heterocycles. The molecule has 0 unspecified atom stereocenters. The molecule has 8 heteroatoms. The Morgan fingerprint density at radius 2 is 1.86 bits per heavy atom. The smallest absolute Gasteiger partial charge is 0.410 e. The van der Waals surface area contributed by atoms with E-state index in [1.54, 1.807) is 20.8 Å². The Balaban J connectivity index is 1.95. The van der Waals surface area contributed by atoms with Gasteiger partial charge in [0.2, 0.25) is 0 Å². The zero-order valence-electron chi connectivity index (χ0n) is 16.8. The molecule has 0 saturated carbocycles. The third-order valence-electron chi connectivity index (χ3n) is 4.28. The molecule has 1 aliphatic rings. The normalized spacial score (nSPS) is 19.5. The van der Waals surface area contributed by atoms with Crippen molar-refractivity contribution in [3.8, 4) is 0 Å². The van der Waals surface area contributed by atoms with Gasteiger partial charge in [-0.2, -0.15) is 0 Å². The summed E-state index contributed by atoms with van der Waals surface area (Å²) in [5.41, 5.74) is 0.231. The lowest BCUT2D eigenvalue weighted by Crippen LogP contribution is -2.55. The molecule has 1 saturated heterocycles. The first-order chi connectivity index (χ1) is 13.2. The summed E-state index contributed by atoms with van der Waals surface area (Å²) < 4.78 is 15.4. The molecule has 2 rings (SSSR count). The quantitative estimate of drug-likeness (QED) is 0.625. The van der Waals surface area contributed by atoms with Crippen LogP contribution in [-0.2, 0) is 25.6 Å². The van der Waals surface area contributed by atoms with E-state index >= 15 is 0 Å². The predicted octanol–water partition coefficient (Wildman–Crippen LogP) is 2.71. The van der Waals surface area contributed by atoms with Crippen LogP contribution in [0.4, 0.5) is 9.59 Å². The van der Waals surface area contributed by atoms with Crippen LogP contribution in [-0.4, -0.2) is 54.9 Å². The summed E-state index contributed by atoms with van der Waals surface area (Å²) in [6.07, 6.45) is -0.723. The summed E-state index contributed by atoms with van der Waals surface area (Å²) >= 11 is 0. The van der Waals surface area contributed by atoms with Crippen LogP contribution in [0, 0.1) is 5.92 Å². The number of esters is 1. The Bertz CT molecular complexity index is 686. The van der Waals surface area contributed by atoms with E-state index in [2.05, 4.69) is 5.32 Å². The Hall–Kier alpha value is -2.77. The Morgan fingerprint density at radius 3 is 2.46 bits per heavy atom. The van der Waals surface area contributed by atoms with Crippen molar-refractivity contribution in [2.75, 3.05) is 20.2 Å². The van der Waals surface area contributed by atoms with E-state index in [1.807, 2.05) is 30.3 Å². The van der Waals surface area contributed by atoms with Crippen molar-refractivity contribution in [3.05, 3.63) is 35.9 Å². The summed E-state index contributed by atoms with van der Waals surface area (Å²) in [5.74, 6) is -1.20. The molecule has 1 fully saturated rings. The fraction of sp³-hybridized carbons (Fsp3) is 0.550. The van der Waals surface area contributed by atoms with Crippen LogP contribution in [0.5, 0.6) is 0 Å². The summed E-state index contributed by atoms with van der Waals surface area (Å²) in [5, 5.41) is 2.72. The van der Waals surface area contributed by atoms with Crippen molar-refractivity contribution in [3.63, 3.8) is 0 Å². The van der Waals surface area contributed by atoms with E-state index in [0.29, 0.717) is 13.0 Å².